The van der Waals surface area contributed by atoms with E-state index in [1.165, 1.54) is 12.1 Å². The number of carbonyl (C=O) groups is 2. The molecular formula is C10H8NO6P-2. The van der Waals surface area contributed by atoms with Gasteiger partial charge in [-0.05, 0) is 12.1 Å². The lowest BCUT2D eigenvalue weighted by atomic mass is 10.1. The number of imide groups is 1. The van der Waals surface area contributed by atoms with Gasteiger partial charge in [-0.1, -0.05) is 12.1 Å². The quantitative estimate of drug-likeness (QED) is 0.519. The summed E-state index contributed by atoms with van der Waals surface area (Å²) < 4.78 is 14.2. The molecule has 8 heteroatoms. The molecule has 0 aliphatic carbocycles. The van der Waals surface area contributed by atoms with Crippen molar-refractivity contribution in [1.29, 1.82) is 0 Å². The van der Waals surface area contributed by atoms with Crippen molar-refractivity contribution in [3.05, 3.63) is 35.4 Å². The second kappa shape index (κ2) is 4.62. The molecule has 0 unspecified atom stereocenters. The van der Waals surface area contributed by atoms with E-state index < -0.39 is 26.2 Å². The molecular weight excluding hydrogens is 261 g/mol. The van der Waals surface area contributed by atoms with Crippen molar-refractivity contribution in [2.24, 2.45) is 0 Å². The van der Waals surface area contributed by atoms with Crippen LogP contribution in [0.15, 0.2) is 24.3 Å². The first kappa shape index (κ1) is 12.9. The molecule has 7 nitrogen and oxygen atoms in total. The molecule has 0 atom stereocenters. The molecule has 1 heterocycles. The number of rotatable bonds is 4. The van der Waals surface area contributed by atoms with Crippen molar-refractivity contribution >= 4 is 19.6 Å². The van der Waals surface area contributed by atoms with Gasteiger partial charge in [0.25, 0.3) is 11.8 Å². The summed E-state index contributed by atoms with van der Waals surface area (Å²) in [5, 5.41) is 0. The van der Waals surface area contributed by atoms with Crippen LogP contribution >= 0.6 is 7.82 Å². The monoisotopic (exact) mass is 269 g/mol. The third-order valence-corrected chi connectivity index (χ3v) is 2.94. The Morgan fingerprint density at radius 2 is 1.61 bits per heavy atom. The van der Waals surface area contributed by atoms with Crippen molar-refractivity contribution in [2.45, 2.75) is 0 Å². The fourth-order valence-electron chi connectivity index (χ4n) is 1.69. The molecule has 2 amide bonds. The fraction of sp³-hybridized carbons (Fsp3) is 0.200. The molecule has 0 saturated heterocycles. The highest BCUT2D eigenvalue weighted by Crippen LogP contribution is 2.26. The molecule has 1 aliphatic heterocycles. The smallest absolute Gasteiger partial charge is 0.261 e. The normalized spacial score (nSPS) is 15.1. The number of fused-ring (bicyclic) bond motifs is 1. The van der Waals surface area contributed by atoms with Gasteiger partial charge in [-0.3, -0.25) is 14.5 Å². The molecule has 2 rings (SSSR count). The Balaban J connectivity index is 2.07. The van der Waals surface area contributed by atoms with Gasteiger partial charge in [0, 0.05) is 0 Å². The van der Waals surface area contributed by atoms with Crippen molar-refractivity contribution in [3.63, 3.8) is 0 Å². The van der Waals surface area contributed by atoms with Gasteiger partial charge in [-0.25, -0.2) is 0 Å². The third kappa shape index (κ3) is 2.49. The summed E-state index contributed by atoms with van der Waals surface area (Å²) in [5.74, 6) is -1.04. The van der Waals surface area contributed by atoms with Crippen LogP contribution < -0.4 is 9.79 Å². The van der Waals surface area contributed by atoms with Gasteiger partial charge in [-0.15, -0.1) is 0 Å². The Hall–Kier alpha value is -1.53. The molecule has 1 aliphatic rings. The van der Waals surface area contributed by atoms with E-state index in [9.17, 15) is 23.9 Å². The summed E-state index contributed by atoms with van der Waals surface area (Å²) in [7, 11) is -5.08. The van der Waals surface area contributed by atoms with E-state index in [4.69, 9.17) is 0 Å². The molecule has 0 spiro atoms. The lowest BCUT2D eigenvalue weighted by molar-refractivity contribution is -0.341. The van der Waals surface area contributed by atoms with Gasteiger partial charge in [-0.2, -0.15) is 0 Å². The van der Waals surface area contributed by atoms with Gasteiger partial charge in [0.15, 0.2) is 0 Å². The van der Waals surface area contributed by atoms with Crippen molar-refractivity contribution in [2.75, 3.05) is 13.2 Å². The van der Waals surface area contributed by atoms with E-state index in [0.29, 0.717) is 0 Å². The Labute approximate surface area is 102 Å². The van der Waals surface area contributed by atoms with Gasteiger partial charge < -0.3 is 18.9 Å². The molecule has 0 aromatic heterocycles. The number of hydrogen-bond donors (Lipinski definition) is 0. The minimum Gasteiger partial charge on any atom is -0.790 e. The molecule has 0 bridgehead atoms. The zero-order valence-electron chi connectivity index (χ0n) is 9.07. The number of hydrogen-bond acceptors (Lipinski definition) is 6. The summed E-state index contributed by atoms with van der Waals surface area (Å²) >= 11 is 0. The number of phosphoric acid groups is 1. The molecule has 18 heavy (non-hydrogen) atoms. The van der Waals surface area contributed by atoms with Crippen molar-refractivity contribution in [1.82, 2.24) is 4.90 Å². The minimum absolute atomic E-state index is 0.259. The molecule has 1 aromatic rings. The average molecular weight is 269 g/mol. The maximum atomic E-state index is 11.8. The van der Waals surface area contributed by atoms with E-state index in [-0.39, 0.29) is 17.7 Å². The third-order valence-electron chi connectivity index (χ3n) is 2.44. The number of benzene rings is 1. The summed E-state index contributed by atoms with van der Waals surface area (Å²) in [6.45, 7) is -0.809. The van der Waals surface area contributed by atoms with Crippen molar-refractivity contribution in [3.8, 4) is 0 Å². The van der Waals surface area contributed by atoms with E-state index in [2.05, 4.69) is 4.52 Å². The lowest BCUT2D eigenvalue weighted by Crippen LogP contribution is -2.33. The van der Waals surface area contributed by atoms with E-state index in [1.54, 1.807) is 12.1 Å². The number of amides is 2. The van der Waals surface area contributed by atoms with Crippen LogP contribution in [0.2, 0.25) is 0 Å². The highest BCUT2D eigenvalue weighted by Gasteiger charge is 2.34. The van der Waals surface area contributed by atoms with Gasteiger partial charge in [0.1, 0.15) is 0 Å². The topological polar surface area (TPSA) is 110 Å². The lowest BCUT2D eigenvalue weighted by Gasteiger charge is -2.29. The fourth-order valence-corrected chi connectivity index (χ4v) is 1.99. The molecule has 0 saturated carbocycles. The van der Waals surface area contributed by atoms with Crippen LogP contribution in [0.1, 0.15) is 20.7 Å². The molecule has 0 radical (unpaired) electrons. The number of phosphoric ester groups is 1. The Morgan fingerprint density at radius 1 is 1.11 bits per heavy atom. The first-order valence-corrected chi connectivity index (χ1v) is 6.48. The largest absolute Gasteiger partial charge is 0.790 e. The highest BCUT2D eigenvalue weighted by molar-refractivity contribution is 7.43. The highest BCUT2D eigenvalue weighted by atomic mass is 31.2. The standard InChI is InChI=1S/C10H10NO6P/c12-9-7-3-1-2-4-8(7)10(13)11(9)5-6-17-18(14,15)16/h1-4H,5-6H2,(H2,14,15,16)/p-2. The maximum Gasteiger partial charge on any atom is 0.261 e. The predicted octanol–water partition coefficient (Wildman–Crippen LogP) is -0.872. The van der Waals surface area contributed by atoms with Gasteiger partial charge in [0.2, 0.25) is 0 Å². The van der Waals surface area contributed by atoms with Crippen LogP contribution in [0.5, 0.6) is 0 Å². The van der Waals surface area contributed by atoms with Crippen LogP contribution in [-0.4, -0.2) is 29.9 Å². The first-order valence-electron chi connectivity index (χ1n) is 5.02. The van der Waals surface area contributed by atoms with Gasteiger partial charge in [0.05, 0.1) is 32.1 Å². The predicted molar refractivity (Wildman–Crippen MR) is 55.4 cm³/mol. The minimum atomic E-state index is -5.08. The number of carbonyl (C=O) groups excluding carboxylic acids is 2. The van der Waals surface area contributed by atoms with E-state index >= 15 is 0 Å². The maximum absolute atomic E-state index is 11.8. The summed E-state index contributed by atoms with van der Waals surface area (Å²) in [6.07, 6.45) is 0. The second-order valence-corrected chi connectivity index (χ2v) is 4.74. The summed E-state index contributed by atoms with van der Waals surface area (Å²) in [6, 6.07) is 6.24. The first-order chi connectivity index (χ1) is 8.40. The van der Waals surface area contributed by atoms with Crippen LogP contribution in [-0.2, 0) is 9.09 Å². The van der Waals surface area contributed by atoms with Crippen LogP contribution in [0, 0.1) is 0 Å². The number of nitrogens with zero attached hydrogens (tertiary/aromatic N) is 1. The van der Waals surface area contributed by atoms with Gasteiger partial charge >= 0.3 is 0 Å². The second-order valence-electron chi connectivity index (χ2n) is 3.59. The Bertz CT molecular complexity index is 516. The Morgan fingerprint density at radius 3 is 2.06 bits per heavy atom. The van der Waals surface area contributed by atoms with Crippen LogP contribution in [0.3, 0.4) is 0 Å². The van der Waals surface area contributed by atoms with E-state index in [1.807, 2.05) is 0 Å². The molecule has 0 N–H and O–H groups in total. The van der Waals surface area contributed by atoms with Crippen LogP contribution in [0.25, 0.3) is 0 Å². The molecule has 96 valence electrons. The summed E-state index contributed by atoms with van der Waals surface area (Å²) in [4.78, 5) is 44.9. The van der Waals surface area contributed by atoms with E-state index in [0.717, 1.165) is 4.90 Å². The summed E-state index contributed by atoms with van der Waals surface area (Å²) in [5.41, 5.74) is 0.518. The molecule has 1 aromatic carbocycles. The zero-order valence-corrected chi connectivity index (χ0v) is 9.96. The Kier molecular flexibility index (Phi) is 3.32. The average Bonchev–Trinajstić information content (AvgIpc) is 2.53. The van der Waals surface area contributed by atoms with Crippen LogP contribution in [0.4, 0.5) is 0 Å². The SMILES string of the molecule is O=C1c2ccccc2C(=O)N1CCOP(=O)([O-])[O-]. The van der Waals surface area contributed by atoms with Crippen molar-refractivity contribution < 1.29 is 28.5 Å². The molecule has 0 fully saturated rings. The zero-order chi connectivity index (χ0) is 13.3.